The summed E-state index contributed by atoms with van der Waals surface area (Å²) >= 11 is 0. The molecule has 1 amide bonds. The molecule has 2 N–H and O–H groups in total. The van der Waals surface area contributed by atoms with E-state index >= 15 is 0 Å². The van der Waals surface area contributed by atoms with Gasteiger partial charge in [-0.15, -0.1) is 0 Å². The van der Waals surface area contributed by atoms with E-state index in [0.717, 1.165) is 19.0 Å². The quantitative estimate of drug-likeness (QED) is 0.685. The summed E-state index contributed by atoms with van der Waals surface area (Å²) < 4.78 is 5.23. The second kappa shape index (κ2) is 3.67. The maximum Gasteiger partial charge on any atom is 0.407 e. The predicted molar refractivity (Wildman–Crippen MR) is 57.6 cm³/mol. The smallest absolute Gasteiger partial charge is 0.407 e. The van der Waals surface area contributed by atoms with E-state index in [4.69, 9.17) is 4.74 Å². The molecule has 3 atom stereocenters. The van der Waals surface area contributed by atoms with Crippen LogP contribution >= 0.6 is 0 Å². The van der Waals surface area contributed by atoms with Crippen LogP contribution in [0.3, 0.4) is 0 Å². The van der Waals surface area contributed by atoms with E-state index in [1.54, 1.807) is 0 Å². The molecule has 4 nitrogen and oxygen atoms in total. The van der Waals surface area contributed by atoms with Crippen LogP contribution in [-0.2, 0) is 4.74 Å². The van der Waals surface area contributed by atoms with Gasteiger partial charge in [0.2, 0.25) is 0 Å². The zero-order valence-electron chi connectivity index (χ0n) is 9.67. The molecule has 0 spiro atoms. The molecule has 15 heavy (non-hydrogen) atoms. The summed E-state index contributed by atoms with van der Waals surface area (Å²) in [6.45, 7) is 7.63. The third kappa shape index (κ3) is 2.84. The standard InChI is InChI=1S/C11H20N2O2/c1-11(2,3)15-10(14)13-9-6-12-5-7-4-8(7)9/h7-9,12H,4-6H2,1-3H3,(H,13,14)/t7-,8-,9-/m0/s1. The summed E-state index contributed by atoms with van der Waals surface area (Å²) in [5, 5.41) is 6.27. The van der Waals surface area contributed by atoms with Crippen LogP contribution in [0.15, 0.2) is 0 Å². The Morgan fingerprint density at radius 2 is 2.13 bits per heavy atom. The number of fused-ring (bicyclic) bond motifs is 1. The van der Waals surface area contributed by atoms with E-state index in [-0.39, 0.29) is 12.1 Å². The number of carbonyl (C=O) groups is 1. The zero-order chi connectivity index (χ0) is 11.1. The summed E-state index contributed by atoms with van der Waals surface area (Å²) in [5.41, 5.74) is -0.408. The maximum atomic E-state index is 11.5. The molecule has 0 aromatic heterocycles. The van der Waals surface area contributed by atoms with Gasteiger partial charge in [0.25, 0.3) is 0 Å². The average Bonchev–Trinajstić information content (AvgIpc) is 2.79. The number of hydrogen-bond acceptors (Lipinski definition) is 3. The molecule has 0 aromatic rings. The van der Waals surface area contributed by atoms with Crippen molar-refractivity contribution in [1.29, 1.82) is 0 Å². The first-order chi connectivity index (χ1) is 6.96. The largest absolute Gasteiger partial charge is 0.444 e. The molecular formula is C11H20N2O2. The van der Waals surface area contributed by atoms with E-state index in [1.807, 2.05) is 20.8 Å². The van der Waals surface area contributed by atoms with Gasteiger partial charge in [-0.3, -0.25) is 0 Å². The highest BCUT2D eigenvalue weighted by Gasteiger charge is 2.46. The molecular weight excluding hydrogens is 192 g/mol. The fraction of sp³-hybridized carbons (Fsp3) is 0.909. The van der Waals surface area contributed by atoms with E-state index in [9.17, 15) is 4.79 Å². The third-order valence-corrected chi connectivity index (χ3v) is 2.97. The van der Waals surface area contributed by atoms with E-state index in [2.05, 4.69) is 10.6 Å². The van der Waals surface area contributed by atoms with Crippen LogP contribution in [0.25, 0.3) is 0 Å². The van der Waals surface area contributed by atoms with Crippen LogP contribution < -0.4 is 10.6 Å². The molecule has 0 unspecified atom stereocenters. The Hall–Kier alpha value is -0.770. The lowest BCUT2D eigenvalue weighted by Gasteiger charge is -2.26. The van der Waals surface area contributed by atoms with Crippen molar-refractivity contribution in [3.63, 3.8) is 0 Å². The first-order valence-electron chi connectivity index (χ1n) is 5.66. The fourth-order valence-electron chi connectivity index (χ4n) is 2.19. The molecule has 2 fully saturated rings. The van der Waals surface area contributed by atoms with Crippen molar-refractivity contribution in [1.82, 2.24) is 10.6 Å². The average molecular weight is 212 g/mol. The van der Waals surface area contributed by atoms with Crippen LogP contribution in [0.4, 0.5) is 4.79 Å². The summed E-state index contributed by atoms with van der Waals surface area (Å²) in [6.07, 6.45) is 0.954. The third-order valence-electron chi connectivity index (χ3n) is 2.97. The Balaban J connectivity index is 1.79. The minimum atomic E-state index is -0.408. The zero-order valence-corrected chi connectivity index (χ0v) is 9.67. The Bertz CT molecular complexity index is 260. The Labute approximate surface area is 90.8 Å². The second-order valence-electron chi connectivity index (χ2n) is 5.57. The van der Waals surface area contributed by atoms with Gasteiger partial charge in [-0.05, 0) is 45.6 Å². The van der Waals surface area contributed by atoms with Crippen molar-refractivity contribution in [2.24, 2.45) is 11.8 Å². The van der Waals surface area contributed by atoms with Crippen LogP contribution in [0.5, 0.6) is 0 Å². The van der Waals surface area contributed by atoms with E-state index in [0.29, 0.717) is 5.92 Å². The van der Waals surface area contributed by atoms with Crippen LogP contribution in [0, 0.1) is 11.8 Å². The first-order valence-corrected chi connectivity index (χ1v) is 5.66. The minimum Gasteiger partial charge on any atom is -0.444 e. The molecule has 1 saturated carbocycles. The number of piperidine rings is 1. The molecule has 4 heteroatoms. The van der Waals surface area contributed by atoms with Gasteiger partial charge < -0.3 is 15.4 Å². The molecule has 1 aliphatic heterocycles. The molecule has 2 rings (SSSR count). The molecule has 1 saturated heterocycles. The Morgan fingerprint density at radius 3 is 2.80 bits per heavy atom. The second-order valence-corrected chi connectivity index (χ2v) is 5.57. The van der Waals surface area contributed by atoms with Crippen LogP contribution in [0.1, 0.15) is 27.2 Å². The summed E-state index contributed by atoms with van der Waals surface area (Å²) in [6, 6.07) is 0.263. The molecule has 2 aliphatic rings. The van der Waals surface area contributed by atoms with Crippen molar-refractivity contribution < 1.29 is 9.53 Å². The van der Waals surface area contributed by atoms with Crippen molar-refractivity contribution in [3.05, 3.63) is 0 Å². The highest BCUT2D eigenvalue weighted by molar-refractivity contribution is 5.68. The first kappa shape index (κ1) is 10.7. The lowest BCUT2D eigenvalue weighted by atomic mass is 10.1. The van der Waals surface area contributed by atoms with Crippen LogP contribution in [-0.4, -0.2) is 30.8 Å². The summed E-state index contributed by atoms with van der Waals surface area (Å²) in [7, 11) is 0. The predicted octanol–water partition coefficient (Wildman–Crippen LogP) is 1.12. The summed E-state index contributed by atoms with van der Waals surface area (Å²) in [5.74, 6) is 1.46. The molecule has 1 heterocycles. The van der Waals surface area contributed by atoms with Gasteiger partial charge in [0.1, 0.15) is 5.60 Å². The highest BCUT2D eigenvalue weighted by Crippen LogP contribution is 2.42. The van der Waals surface area contributed by atoms with E-state index < -0.39 is 5.60 Å². The summed E-state index contributed by atoms with van der Waals surface area (Å²) in [4.78, 5) is 11.5. The van der Waals surface area contributed by atoms with Crippen molar-refractivity contribution in [3.8, 4) is 0 Å². The van der Waals surface area contributed by atoms with E-state index in [1.165, 1.54) is 6.42 Å². The molecule has 0 radical (unpaired) electrons. The molecule has 0 aromatic carbocycles. The van der Waals surface area contributed by atoms with Gasteiger partial charge in [0.05, 0.1) is 0 Å². The fourth-order valence-corrected chi connectivity index (χ4v) is 2.19. The highest BCUT2D eigenvalue weighted by atomic mass is 16.6. The minimum absolute atomic E-state index is 0.263. The Kier molecular flexibility index (Phi) is 2.63. The Morgan fingerprint density at radius 1 is 1.40 bits per heavy atom. The number of amides is 1. The number of alkyl carbamates (subject to hydrolysis) is 1. The van der Waals surface area contributed by atoms with Crippen molar-refractivity contribution >= 4 is 6.09 Å². The molecule has 0 bridgehead atoms. The normalized spacial score (nSPS) is 34.2. The van der Waals surface area contributed by atoms with Gasteiger partial charge in [0, 0.05) is 12.6 Å². The van der Waals surface area contributed by atoms with Gasteiger partial charge in [0.15, 0.2) is 0 Å². The van der Waals surface area contributed by atoms with Gasteiger partial charge in [-0.2, -0.15) is 0 Å². The molecule has 1 aliphatic carbocycles. The molecule has 86 valence electrons. The lowest BCUT2D eigenvalue weighted by Crippen LogP contribution is -2.48. The van der Waals surface area contributed by atoms with Gasteiger partial charge in [-0.1, -0.05) is 0 Å². The maximum absolute atomic E-state index is 11.5. The number of rotatable bonds is 1. The SMILES string of the molecule is CC(C)(C)OC(=O)N[C@H]1CNC[C@@H]2C[C@@H]21. The monoisotopic (exact) mass is 212 g/mol. The van der Waals surface area contributed by atoms with Gasteiger partial charge in [-0.25, -0.2) is 4.79 Å². The van der Waals surface area contributed by atoms with Gasteiger partial charge >= 0.3 is 6.09 Å². The number of hydrogen-bond donors (Lipinski definition) is 2. The topological polar surface area (TPSA) is 50.4 Å². The number of nitrogens with one attached hydrogen (secondary N) is 2. The van der Waals surface area contributed by atoms with Crippen molar-refractivity contribution in [2.75, 3.05) is 13.1 Å². The lowest BCUT2D eigenvalue weighted by molar-refractivity contribution is 0.0492. The number of carbonyl (C=O) groups excluding carboxylic acids is 1. The number of ether oxygens (including phenoxy) is 1. The van der Waals surface area contributed by atoms with Crippen molar-refractivity contribution in [2.45, 2.75) is 38.8 Å². The van der Waals surface area contributed by atoms with Crippen LogP contribution in [0.2, 0.25) is 0 Å².